The monoisotopic (exact) mass is 341 g/mol. The molecular weight excluding hydrogens is 317 g/mol. The lowest BCUT2D eigenvalue weighted by atomic mass is 9.90. The van der Waals surface area contributed by atoms with Crippen molar-refractivity contribution in [2.75, 3.05) is 6.54 Å². The van der Waals surface area contributed by atoms with E-state index in [2.05, 4.69) is 17.4 Å². The summed E-state index contributed by atoms with van der Waals surface area (Å²) in [5.74, 6) is 0.393. The summed E-state index contributed by atoms with van der Waals surface area (Å²) in [6, 6.07) is 15.8. The molecule has 2 aromatic rings. The molecule has 1 aliphatic carbocycles. The zero-order valence-corrected chi connectivity index (χ0v) is 14.4. The maximum atomic E-state index is 13.0. The van der Waals surface area contributed by atoms with Crippen molar-refractivity contribution in [2.45, 2.75) is 37.7 Å². The third kappa shape index (κ3) is 4.67. The number of rotatable bonds is 7. The molecule has 2 N–H and O–H groups in total. The Morgan fingerprint density at radius 1 is 1.20 bits per heavy atom. The smallest absolute Gasteiger partial charge is 0.220 e. The lowest BCUT2D eigenvalue weighted by Crippen LogP contribution is -2.39. The van der Waals surface area contributed by atoms with Crippen molar-refractivity contribution in [3.05, 3.63) is 71.5 Å². The summed E-state index contributed by atoms with van der Waals surface area (Å²) in [6.07, 6.45) is 2.76. The third-order valence-corrected chi connectivity index (χ3v) is 4.92. The molecule has 3 rings (SSSR count). The van der Waals surface area contributed by atoms with E-state index in [9.17, 15) is 14.3 Å². The van der Waals surface area contributed by atoms with Crippen LogP contribution in [0.4, 0.5) is 4.39 Å². The molecule has 1 fully saturated rings. The third-order valence-electron chi connectivity index (χ3n) is 4.92. The fraction of sp³-hybridized carbons (Fsp3) is 0.381. The van der Waals surface area contributed by atoms with Crippen LogP contribution in [-0.2, 0) is 10.4 Å². The number of aliphatic hydroxyl groups is 1. The Labute approximate surface area is 147 Å². The van der Waals surface area contributed by atoms with Crippen molar-refractivity contribution >= 4 is 5.91 Å². The van der Waals surface area contributed by atoms with Gasteiger partial charge in [0, 0.05) is 6.42 Å². The number of carbonyl (C=O) groups excluding carboxylic acids is 1. The summed E-state index contributed by atoms with van der Waals surface area (Å²) in [4.78, 5) is 12.4. The molecule has 0 aliphatic heterocycles. The summed E-state index contributed by atoms with van der Waals surface area (Å²) < 4.78 is 13.0. The van der Waals surface area contributed by atoms with Crippen LogP contribution in [-0.4, -0.2) is 17.6 Å². The molecule has 2 unspecified atom stereocenters. The highest BCUT2D eigenvalue weighted by atomic mass is 19.1. The van der Waals surface area contributed by atoms with Crippen LogP contribution >= 0.6 is 0 Å². The van der Waals surface area contributed by atoms with Gasteiger partial charge in [0.1, 0.15) is 11.4 Å². The van der Waals surface area contributed by atoms with Gasteiger partial charge in [0.15, 0.2) is 0 Å². The highest BCUT2D eigenvalue weighted by Crippen LogP contribution is 2.44. The molecule has 0 aromatic heterocycles. The van der Waals surface area contributed by atoms with Crippen molar-refractivity contribution < 1.29 is 14.3 Å². The predicted octanol–water partition coefficient (Wildman–Crippen LogP) is 3.73. The summed E-state index contributed by atoms with van der Waals surface area (Å²) in [6.45, 7) is 1.72. The molecule has 0 heterocycles. The van der Waals surface area contributed by atoms with Gasteiger partial charge < -0.3 is 10.4 Å². The zero-order chi connectivity index (χ0) is 17.9. The summed E-state index contributed by atoms with van der Waals surface area (Å²) >= 11 is 0. The molecule has 25 heavy (non-hydrogen) atoms. The van der Waals surface area contributed by atoms with Gasteiger partial charge >= 0.3 is 0 Å². The molecule has 2 atom stereocenters. The van der Waals surface area contributed by atoms with E-state index in [0.29, 0.717) is 17.9 Å². The first-order chi connectivity index (χ1) is 12.0. The van der Waals surface area contributed by atoms with Crippen LogP contribution in [0.2, 0.25) is 0 Å². The van der Waals surface area contributed by atoms with E-state index in [1.54, 1.807) is 19.1 Å². The van der Waals surface area contributed by atoms with Gasteiger partial charge in [-0.05, 0) is 54.9 Å². The zero-order valence-electron chi connectivity index (χ0n) is 14.4. The normalized spacial score (nSPS) is 17.6. The first kappa shape index (κ1) is 17.6. The fourth-order valence-corrected chi connectivity index (χ4v) is 3.21. The van der Waals surface area contributed by atoms with Crippen molar-refractivity contribution in [1.29, 1.82) is 0 Å². The first-order valence-corrected chi connectivity index (χ1v) is 8.76. The molecule has 0 bridgehead atoms. The number of benzene rings is 2. The molecule has 3 nitrogen and oxygen atoms in total. The van der Waals surface area contributed by atoms with Gasteiger partial charge in [-0.1, -0.05) is 42.5 Å². The molecule has 132 valence electrons. The van der Waals surface area contributed by atoms with Gasteiger partial charge in [0.2, 0.25) is 5.91 Å². The molecule has 1 amide bonds. The number of carbonyl (C=O) groups is 1. The van der Waals surface area contributed by atoms with E-state index < -0.39 is 5.60 Å². The summed E-state index contributed by atoms with van der Waals surface area (Å²) in [7, 11) is 0. The van der Waals surface area contributed by atoms with Crippen LogP contribution in [0.1, 0.15) is 43.2 Å². The largest absolute Gasteiger partial charge is 0.384 e. The average Bonchev–Trinajstić information content (AvgIpc) is 3.44. The highest BCUT2D eigenvalue weighted by molar-refractivity contribution is 5.77. The molecular formula is C21H24FNO2. The van der Waals surface area contributed by atoms with E-state index in [1.807, 2.05) is 18.2 Å². The van der Waals surface area contributed by atoms with E-state index in [1.165, 1.54) is 30.5 Å². The van der Waals surface area contributed by atoms with Gasteiger partial charge in [-0.25, -0.2) is 4.39 Å². The highest BCUT2D eigenvalue weighted by Gasteiger charge is 2.34. The molecule has 4 heteroatoms. The number of halogens is 1. The van der Waals surface area contributed by atoms with Crippen LogP contribution in [0.5, 0.6) is 0 Å². The fourth-order valence-electron chi connectivity index (χ4n) is 3.21. The number of nitrogens with one attached hydrogen (secondary N) is 1. The van der Waals surface area contributed by atoms with Crippen molar-refractivity contribution in [3.63, 3.8) is 0 Å². The minimum atomic E-state index is -1.23. The average molecular weight is 341 g/mol. The van der Waals surface area contributed by atoms with Crippen molar-refractivity contribution in [2.24, 2.45) is 5.92 Å². The van der Waals surface area contributed by atoms with Gasteiger partial charge in [-0.3, -0.25) is 4.79 Å². The summed E-state index contributed by atoms with van der Waals surface area (Å²) in [5.41, 5.74) is 0.548. The van der Waals surface area contributed by atoms with E-state index >= 15 is 0 Å². The topological polar surface area (TPSA) is 49.3 Å². The maximum absolute atomic E-state index is 13.0. The van der Waals surface area contributed by atoms with E-state index in [0.717, 1.165) is 0 Å². The predicted molar refractivity (Wildman–Crippen MR) is 95.5 cm³/mol. The van der Waals surface area contributed by atoms with Crippen LogP contribution in [0.15, 0.2) is 54.6 Å². The first-order valence-electron chi connectivity index (χ1n) is 8.76. The maximum Gasteiger partial charge on any atom is 0.220 e. The van der Waals surface area contributed by atoms with Crippen molar-refractivity contribution in [1.82, 2.24) is 5.32 Å². The van der Waals surface area contributed by atoms with Gasteiger partial charge in [0.05, 0.1) is 6.54 Å². The van der Waals surface area contributed by atoms with E-state index in [-0.39, 0.29) is 24.2 Å². The van der Waals surface area contributed by atoms with Crippen LogP contribution in [0.25, 0.3) is 0 Å². The molecule has 2 aromatic carbocycles. The van der Waals surface area contributed by atoms with Crippen LogP contribution in [0, 0.1) is 11.7 Å². The van der Waals surface area contributed by atoms with Gasteiger partial charge in [-0.2, -0.15) is 0 Å². The Balaban J connectivity index is 1.59. The standard InChI is InChI=1S/C21H24FNO2/c1-21(25,17-9-11-18(22)12-10-17)14-23-20(24)13-19(16-7-8-16)15-5-3-2-4-6-15/h2-6,9-12,16,19,25H,7-8,13-14H2,1H3,(H,23,24). The Bertz CT molecular complexity index is 708. The molecule has 0 saturated heterocycles. The van der Waals surface area contributed by atoms with Crippen LogP contribution in [0.3, 0.4) is 0 Å². The number of amides is 1. The quantitative estimate of drug-likeness (QED) is 0.806. The Hall–Kier alpha value is -2.20. The Kier molecular flexibility index (Phi) is 5.19. The van der Waals surface area contributed by atoms with E-state index in [4.69, 9.17) is 0 Å². The number of hydrogen-bond acceptors (Lipinski definition) is 2. The van der Waals surface area contributed by atoms with Gasteiger partial charge in [-0.15, -0.1) is 0 Å². The molecule has 1 saturated carbocycles. The second-order valence-corrected chi connectivity index (χ2v) is 7.12. The molecule has 1 aliphatic rings. The second kappa shape index (κ2) is 7.36. The second-order valence-electron chi connectivity index (χ2n) is 7.12. The SMILES string of the molecule is CC(O)(CNC(=O)CC(c1ccccc1)C1CC1)c1ccc(F)cc1. The molecule has 0 spiro atoms. The van der Waals surface area contributed by atoms with Crippen molar-refractivity contribution in [3.8, 4) is 0 Å². The Morgan fingerprint density at radius 2 is 1.84 bits per heavy atom. The lowest BCUT2D eigenvalue weighted by molar-refractivity contribution is -0.122. The molecule has 0 radical (unpaired) electrons. The Morgan fingerprint density at radius 3 is 2.44 bits per heavy atom. The minimum Gasteiger partial charge on any atom is -0.384 e. The van der Waals surface area contributed by atoms with Gasteiger partial charge in [0.25, 0.3) is 0 Å². The van der Waals surface area contributed by atoms with Crippen LogP contribution < -0.4 is 5.32 Å². The minimum absolute atomic E-state index is 0.0665. The number of hydrogen-bond donors (Lipinski definition) is 2. The lowest BCUT2D eigenvalue weighted by Gasteiger charge is -2.25. The summed E-state index contributed by atoms with van der Waals surface area (Å²) in [5, 5.41) is 13.4.